The van der Waals surface area contributed by atoms with Crippen LogP contribution in [0.25, 0.3) is 0 Å². The van der Waals surface area contributed by atoms with Crippen LogP contribution in [0.15, 0.2) is 0 Å². The largest absolute Gasteiger partial charge is 0.365 e. The standard InChI is InChI=1S/C12H22N2O2/c1-8-7-10(5-6-13-8)14-12(15)11-4-3-9(2)16-11/h8-11,13H,3-7H2,1-2H3,(H,14,15). The van der Waals surface area contributed by atoms with Crippen molar-refractivity contribution in [3.8, 4) is 0 Å². The fourth-order valence-electron chi connectivity index (χ4n) is 2.55. The summed E-state index contributed by atoms with van der Waals surface area (Å²) in [5.41, 5.74) is 0. The van der Waals surface area contributed by atoms with Crippen molar-refractivity contribution in [3.05, 3.63) is 0 Å². The highest BCUT2D eigenvalue weighted by Gasteiger charge is 2.30. The van der Waals surface area contributed by atoms with Gasteiger partial charge in [0.1, 0.15) is 6.10 Å². The van der Waals surface area contributed by atoms with Gasteiger partial charge in [0, 0.05) is 12.1 Å². The molecule has 2 heterocycles. The zero-order valence-electron chi connectivity index (χ0n) is 10.2. The molecule has 0 bridgehead atoms. The van der Waals surface area contributed by atoms with E-state index in [4.69, 9.17) is 4.74 Å². The fourth-order valence-corrected chi connectivity index (χ4v) is 2.55. The molecule has 4 heteroatoms. The molecular weight excluding hydrogens is 204 g/mol. The van der Waals surface area contributed by atoms with Crippen LogP contribution in [0.4, 0.5) is 0 Å². The Morgan fingerprint density at radius 1 is 1.31 bits per heavy atom. The molecule has 1 amide bonds. The lowest BCUT2D eigenvalue weighted by molar-refractivity contribution is -0.132. The average molecular weight is 226 g/mol. The van der Waals surface area contributed by atoms with E-state index in [9.17, 15) is 4.79 Å². The highest BCUT2D eigenvalue weighted by atomic mass is 16.5. The van der Waals surface area contributed by atoms with Crippen LogP contribution in [-0.4, -0.2) is 36.7 Å². The van der Waals surface area contributed by atoms with Crippen molar-refractivity contribution in [2.24, 2.45) is 0 Å². The van der Waals surface area contributed by atoms with Crippen LogP contribution in [-0.2, 0) is 9.53 Å². The van der Waals surface area contributed by atoms with Crippen molar-refractivity contribution in [3.63, 3.8) is 0 Å². The third-order valence-electron chi connectivity index (χ3n) is 3.49. The summed E-state index contributed by atoms with van der Waals surface area (Å²) in [6, 6.07) is 0.825. The van der Waals surface area contributed by atoms with Gasteiger partial charge in [0.15, 0.2) is 0 Å². The second-order valence-electron chi connectivity index (χ2n) is 5.10. The smallest absolute Gasteiger partial charge is 0.249 e. The number of carbonyl (C=O) groups is 1. The molecule has 0 aliphatic carbocycles. The van der Waals surface area contributed by atoms with Gasteiger partial charge in [-0.15, -0.1) is 0 Å². The molecular formula is C12H22N2O2. The van der Waals surface area contributed by atoms with Crippen LogP contribution in [0.2, 0.25) is 0 Å². The number of rotatable bonds is 2. The maximum absolute atomic E-state index is 11.9. The summed E-state index contributed by atoms with van der Waals surface area (Å²) in [6.45, 7) is 5.18. The van der Waals surface area contributed by atoms with Gasteiger partial charge < -0.3 is 15.4 Å². The van der Waals surface area contributed by atoms with Gasteiger partial charge in [0.25, 0.3) is 0 Å². The average Bonchev–Trinajstić information content (AvgIpc) is 2.65. The molecule has 2 saturated heterocycles. The first-order valence-corrected chi connectivity index (χ1v) is 6.34. The van der Waals surface area contributed by atoms with Crippen molar-refractivity contribution >= 4 is 5.91 Å². The van der Waals surface area contributed by atoms with Crippen molar-refractivity contribution in [2.45, 2.75) is 63.8 Å². The summed E-state index contributed by atoms with van der Waals surface area (Å²) >= 11 is 0. The van der Waals surface area contributed by atoms with Gasteiger partial charge in [-0.3, -0.25) is 4.79 Å². The summed E-state index contributed by atoms with van der Waals surface area (Å²) < 4.78 is 5.56. The van der Waals surface area contributed by atoms with E-state index < -0.39 is 0 Å². The fraction of sp³-hybridized carbons (Fsp3) is 0.917. The topological polar surface area (TPSA) is 50.4 Å². The van der Waals surface area contributed by atoms with Gasteiger partial charge in [-0.2, -0.15) is 0 Å². The van der Waals surface area contributed by atoms with E-state index >= 15 is 0 Å². The summed E-state index contributed by atoms with van der Waals surface area (Å²) in [5, 5.41) is 6.49. The maximum atomic E-state index is 11.9. The minimum Gasteiger partial charge on any atom is -0.365 e. The van der Waals surface area contributed by atoms with Crippen LogP contribution >= 0.6 is 0 Å². The number of hydrogen-bond donors (Lipinski definition) is 2. The van der Waals surface area contributed by atoms with E-state index in [1.54, 1.807) is 0 Å². The molecule has 0 aromatic carbocycles. The summed E-state index contributed by atoms with van der Waals surface area (Å²) in [7, 11) is 0. The van der Waals surface area contributed by atoms with E-state index in [2.05, 4.69) is 17.6 Å². The van der Waals surface area contributed by atoms with E-state index in [1.165, 1.54) is 0 Å². The molecule has 2 rings (SSSR count). The van der Waals surface area contributed by atoms with Crippen LogP contribution in [0.5, 0.6) is 0 Å². The lowest BCUT2D eigenvalue weighted by Gasteiger charge is -2.29. The Hall–Kier alpha value is -0.610. The Labute approximate surface area is 97.1 Å². The molecule has 0 saturated carbocycles. The number of hydrogen-bond acceptors (Lipinski definition) is 3. The summed E-state index contributed by atoms with van der Waals surface area (Å²) in [6.07, 6.45) is 3.95. The van der Waals surface area contributed by atoms with Crippen molar-refractivity contribution in [1.29, 1.82) is 0 Å². The highest BCUT2D eigenvalue weighted by Crippen LogP contribution is 2.19. The van der Waals surface area contributed by atoms with Gasteiger partial charge in [0.2, 0.25) is 5.91 Å². The maximum Gasteiger partial charge on any atom is 0.249 e. The van der Waals surface area contributed by atoms with Gasteiger partial charge in [-0.1, -0.05) is 0 Å². The van der Waals surface area contributed by atoms with Crippen molar-refractivity contribution in [2.75, 3.05) is 6.54 Å². The van der Waals surface area contributed by atoms with Crippen LogP contribution in [0, 0.1) is 0 Å². The first-order valence-electron chi connectivity index (χ1n) is 6.34. The molecule has 4 nitrogen and oxygen atoms in total. The zero-order chi connectivity index (χ0) is 11.5. The molecule has 2 fully saturated rings. The number of nitrogens with one attached hydrogen (secondary N) is 2. The Morgan fingerprint density at radius 2 is 2.12 bits per heavy atom. The summed E-state index contributed by atoms with van der Waals surface area (Å²) in [4.78, 5) is 11.9. The molecule has 4 atom stereocenters. The minimum atomic E-state index is -0.208. The van der Waals surface area contributed by atoms with Crippen LogP contribution in [0.1, 0.15) is 39.5 Å². The molecule has 0 aromatic rings. The normalized spacial score (nSPS) is 39.6. The minimum absolute atomic E-state index is 0.0865. The Balaban J connectivity index is 1.78. The van der Waals surface area contributed by atoms with Crippen LogP contribution in [0.3, 0.4) is 0 Å². The molecule has 16 heavy (non-hydrogen) atoms. The number of ether oxygens (including phenoxy) is 1. The molecule has 4 unspecified atom stereocenters. The van der Waals surface area contributed by atoms with Gasteiger partial charge in [0.05, 0.1) is 6.10 Å². The second-order valence-corrected chi connectivity index (χ2v) is 5.10. The third-order valence-corrected chi connectivity index (χ3v) is 3.49. The van der Waals surface area contributed by atoms with Crippen molar-refractivity contribution < 1.29 is 9.53 Å². The Bertz CT molecular complexity index is 257. The zero-order valence-corrected chi connectivity index (χ0v) is 10.2. The monoisotopic (exact) mass is 226 g/mol. The third kappa shape index (κ3) is 2.95. The van der Waals surface area contributed by atoms with E-state index in [-0.39, 0.29) is 18.1 Å². The van der Waals surface area contributed by atoms with Crippen LogP contribution < -0.4 is 10.6 Å². The Kier molecular flexibility index (Phi) is 3.82. The molecule has 0 radical (unpaired) electrons. The highest BCUT2D eigenvalue weighted by molar-refractivity contribution is 5.81. The first-order chi connectivity index (χ1) is 7.65. The van der Waals surface area contributed by atoms with E-state index in [1.807, 2.05) is 6.92 Å². The SMILES string of the molecule is CC1CC(NC(=O)C2CCC(C)O2)CCN1. The summed E-state index contributed by atoms with van der Waals surface area (Å²) in [5.74, 6) is 0.0865. The first kappa shape index (κ1) is 11.9. The molecule has 0 aromatic heterocycles. The van der Waals surface area contributed by atoms with E-state index in [0.717, 1.165) is 32.2 Å². The van der Waals surface area contributed by atoms with Crippen molar-refractivity contribution in [1.82, 2.24) is 10.6 Å². The van der Waals surface area contributed by atoms with Gasteiger partial charge in [-0.25, -0.2) is 0 Å². The lowest BCUT2D eigenvalue weighted by Crippen LogP contribution is -2.49. The predicted octanol–water partition coefficient (Wildman–Crippen LogP) is 0.811. The molecule has 0 spiro atoms. The second kappa shape index (κ2) is 5.15. The number of amides is 1. The van der Waals surface area contributed by atoms with E-state index in [0.29, 0.717) is 12.1 Å². The predicted molar refractivity (Wildman–Crippen MR) is 62.2 cm³/mol. The molecule has 2 aliphatic heterocycles. The number of piperidine rings is 1. The Morgan fingerprint density at radius 3 is 2.75 bits per heavy atom. The molecule has 2 aliphatic rings. The molecule has 2 N–H and O–H groups in total. The number of carbonyl (C=O) groups excluding carboxylic acids is 1. The quantitative estimate of drug-likeness (QED) is 0.732. The van der Waals surface area contributed by atoms with Gasteiger partial charge in [-0.05, 0) is 46.1 Å². The molecule has 92 valence electrons. The lowest BCUT2D eigenvalue weighted by atomic mass is 10.0. The van der Waals surface area contributed by atoms with Gasteiger partial charge >= 0.3 is 0 Å².